The molecule has 2 N–H and O–H groups in total. The van der Waals surface area contributed by atoms with Gasteiger partial charge in [0.15, 0.2) is 0 Å². The minimum Gasteiger partial charge on any atom is -0.324 e. The summed E-state index contributed by atoms with van der Waals surface area (Å²) in [6.07, 6.45) is 7.07. The standard InChI is InChI=1S/C9H13N3S/c1-7-11-12-8(13-7)6-9(10)4-2-3-5-9/h2-3H,4-6,10H2,1H3. The number of aryl methyl sites for hydroxylation is 1. The Morgan fingerprint density at radius 1 is 1.46 bits per heavy atom. The Morgan fingerprint density at radius 3 is 2.69 bits per heavy atom. The van der Waals surface area contributed by atoms with Gasteiger partial charge in [0.2, 0.25) is 0 Å². The summed E-state index contributed by atoms with van der Waals surface area (Å²) < 4.78 is 0. The van der Waals surface area contributed by atoms with E-state index in [1.807, 2.05) is 6.92 Å². The topological polar surface area (TPSA) is 51.8 Å². The Hall–Kier alpha value is -0.740. The third kappa shape index (κ3) is 1.95. The van der Waals surface area contributed by atoms with E-state index in [0.717, 1.165) is 29.3 Å². The van der Waals surface area contributed by atoms with Gasteiger partial charge in [0.25, 0.3) is 0 Å². The smallest absolute Gasteiger partial charge is 0.119 e. The molecule has 0 radical (unpaired) electrons. The number of nitrogens with zero attached hydrogens (tertiary/aromatic N) is 2. The van der Waals surface area contributed by atoms with Crippen LogP contribution in [0.5, 0.6) is 0 Å². The van der Waals surface area contributed by atoms with Gasteiger partial charge in [0, 0.05) is 12.0 Å². The molecule has 1 aliphatic carbocycles. The van der Waals surface area contributed by atoms with E-state index < -0.39 is 0 Å². The quantitative estimate of drug-likeness (QED) is 0.726. The van der Waals surface area contributed by atoms with Crippen molar-refractivity contribution in [2.24, 2.45) is 5.73 Å². The summed E-state index contributed by atoms with van der Waals surface area (Å²) in [6, 6.07) is 0. The van der Waals surface area contributed by atoms with Crippen LogP contribution in [-0.4, -0.2) is 15.7 Å². The molecule has 1 aromatic rings. The molecular formula is C9H13N3S. The third-order valence-corrected chi connectivity index (χ3v) is 3.13. The van der Waals surface area contributed by atoms with Crippen LogP contribution in [0.3, 0.4) is 0 Å². The van der Waals surface area contributed by atoms with Crippen LogP contribution in [0.25, 0.3) is 0 Å². The fraction of sp³-hybridized carbons (Fsp3) is 0.556. The van der Waals surface area contributed by atoms with E-state index in [0.29, 0.717) is 0 Å². The van der Waals surface area contributed by atoms with Gasteiger partial charge in [-0.05, 0) is 19.8 Å². The SMILES string of the molecule is Cc1nnc(CC2(N)CC=CC2)s1. The molecule has 0 spiro atoms. The first-order valence-corrected chi connectivity index (χ1v) is 5.22. The molecule has 0 bridgehead atoms. The molecule has 0 fully saturated rings. The summed E-state index contributed by atoms with van der Waals surface area (Å²) in [4.78, 5) is 0. The molecule has 1 aliphatic rings. The molecule has 0 aromatic carbocycles. The lowest BCUT2D eigenvalue weighted by Gasteiger charge is -2.21. The molecule has 0 atom stereocenters. The minimum absolute atomic E-state index is 0.0913. The van der Waals surface area contributed by atoms with Crippen molar-refractivity contribution in [1.82, 2.24) is 10.2 Å². The monoisotopic (exact) mass is 195 g/mol. The van der Waals surface area contributed by atoms with Crippen molar-refractivity contribution in [1.29, 1.82) is 0 Å². The van der Waals surface area contributed by atoms with E-state index in [1.165, 1.54) is 0 Å². The number of rotatable bonds is 2. The van der Waals surface area contributed by atoms with Gasteiger partial charge in [0.1, 0.15) is 10.0 Å². The number of hydrogen-bond acceptors (Lipinski definition) is 4. The zero-order valence-corrected chi connectivity index (χ0v) is 8.47. The molecule has 3 nitrogen and oxygen atoms in total. The lowest BCUT2D eigenvalue weighted by Crippen LogP contribution is -2.39. The molecule has 0 amide bonds. The van der Waals surface area contributed by atoms with Crippen molar-refractivity contribution in [2.45, 2.75) is 31.7 Å². The van der Waals surface area contributed by atoms with Crippen LogP contribution in [0, 0.1) is 6.92 Å². The summed E-state index contributed by atoms with van der Waals surface area (Å²) in [5.41, 5.74) is 6.09. The lowest BCUT2D eigenvalue weighted by atomic mass is 9.94. The Balaban J connectivity index is 2.05. The molecule has 4 heteroatoms. The molecule has 13 heavy (non-hydrogen) atoms. The first-order chi connectivity index (χ1) is 6.18. The van der Waals surface area contributed by atoms with Crippen molar-refractivity contribution >= 4 is 11.3 Å². The summed E-state index contributed by atoms with van der Waals surface area (Å²) in [5.74, 6) is 0. The summed E-state index contributed by atoms with van der Waals surface area (Å²) in [7, 11) is 0. The van der Waals surface area contributed by atoms with E-state index in [-0.39, 0.29) is 5.54 Å². The minimum atomic E-state index is -0.0913. The van der Waals surface area contributed by atoms with Gasteiger partial charge in [-0.25, -0.2) is 0 Å². The second kappa shape index (κ2) is 3.20. The summed E-state index contributed by atoms with van der Waals surface area (Å²) in [6.45, 7) is 1.97. The van der Waals surface area contributed by atoms with Crippen molar-refractivity contribution in [3.05, 3.63) is 22.2 Å². The lowest BCUT2D eigenvalue weighted by molar-refractivity contribution is 0.450. The number of nitrogens with two attached hydrogens (primary N) is 1. The molecule has 0 saturated heterocycles. The van der Waals surface area contributed by atoms with Gasteiger partial charge in [-0.3, -0.25) is 0 Å². The predicted molar refractivity (Wildman–Crippen MR) is 53.6 cm³/mol. The van der Waals surface area contributed by atoms with Crippen LogP contribution in [0.4, 0.5) is 0 Å². The van der Waals surface area contributed by atoms with E-state index in [4.69, 9.17) is 5.73 Å². The highest BCUT2D eigenvalue weighted by molar-refractivity contribution is 7.11. The van der Waals surface area contributed by atoms with E-state index in [9.17, 15) is 0 Å². The highest BCUT2D eigenvalue weighted by Crippen LogP contribution is 2.26. The van der Waals surface area contributed by atoms with E-state index in [2.05, 4.69) is 22.3 Å². The second-order valence-electron chi connectivity index (χ2n) is 3.63. The molecular weight excluding hydrogens is 182 g/mol. The molecule has 0 saturated carbocycles. The molecule has 2 rings (SSSR count). The van der Waals surface area contributed by atoms with Crippen LogP contribution < -0.4 is 5.73 Å². The Labute approximate surface area is 81.7 Å². The Bertz CT molecular complexity index is 321. The van der Waals surface area contributed by atoms with Crippen molar-refractivity contribution in [3.63, 3.8) is 0 Å². The predicted octanol–water partition coefficient (Wildman–Crippen LogP) is 1.44. The van der Waals surface area contributed by atoms with Gasteiger partial charge < -0.3 is 5.73 Å². The van der Waals surface area contributed by atoms with Gasteiger partial charge in [-0.15, -0.1) is 21.5 Å². The van der Waals surface area contributed by atoms with Crippen molar-refractivity contribution in [2.75, 3.05) is 0 Å². The van der Waals surface area contributed by atoms with Gasteiger partial charge in [-0.1, -0.05) is 12.2 Å². The molecule has 70 valence electrons. The highest BCUT2D eigenvalue weighted by atomic mass is 32.1. The Morgan fingerprint density at radius 2 is 2.15 bits per heavy atom. The third-order valence-electron chi connectivity index (χ3n) is 2.29. The van der Waals surface area contributed by atoms with Crippen molar-refractivity contribution in [3.8, 4) is 0 Å². The van der Waals surface area contributed by atoms with Crippen LogP contribution in [0.2, 0.25) is 0 Å². The number of aromatic nitrogens is 2. The van der Waals surface area contributed by atoms with Crippen LogP contribution in [0.1, 0.15) is 22.9 Å². The fourth-order valence-corrected chi connectivity index (χ4v) is 2.44. The van der Waals surface area contributed by atoms with E-state index in [1.54, 1.807) is 11.3 Å². The van der Waals surface area contributed by atoms with Crippen molar-refractivity contribution < 1.29 is 0 Å². The normalized spacial score (nSPS) is 19.5. The average Bonchev–Trinajstić information content (AvgIpc) is 2.62. The molecule has 0 aliphatic heterocycles. The zero-order valence-electron chi connectivity index (χ0n) is 7.66. The van der Waals surface area contributed by atoms with Crippen LogP contribution >= 0.6 is 11.3 Å². The largest absolute Gasteiger partial charge is 0.324 e. The fourth-order valence-electron chi connectivity index (χ4n) is 1.57. The highest BCUT2D eigenvalue weighted by Gasteiger charge is 2.27. The van der Waals surface area contributed by atoms with Gasteiger partial charge >= 0.3 is 0 Å². The maximum Gasteiger partial charge on any atom is 0.119 e. The maximum absolute atomic E-state index is 6.18. The summed E-state index contributed by atoms with van der Waals surface area (Å²) >= 11 is 1.64. The number of hydrogen-bond donors (Lipinski definition) is 1. The molecule has 1 aromatic heterocycles. The first kappa shape index (κ1) is 8.84. The van der Waals surface area contributed by atoms with Gasteiger partial charge in [0.05, 0.1) is 0 Å². The molecule has 0 unspecified atom stereocenters. The van der Waals surface area contributed by atoms with Crippen LogP contribution in [0.15, 0.2) is 12.2 Å². The summed E-state index contributed by atoms with van der Waals surface area (Å²) in [5, 5.41) is 10.1. The first-order valence-electron chi connectivity index (χ1n) is 4.41. The van der Waals surface area contributed by atoms with Crippen LogP contribution in [-0.2, 0) is 6.42 Å². The Kier molecular flexibility index (Phi) is 2.17. The second-order valence-corrected chi connectivity index (χ2v) is 4.90. The van der Waals surface area contributed by atoms with E-state index >= 15 is 0 Å². The zero-order chi connectivity index (χ0) is 9.31. The van der Waals surface area contributed by atoms with Gasteiger partial charge in [-0.2, -0.15) is 0 Å². The average molecular weight is 195 g/mol. The maximum atomic E-state index is 6.18. The molecule has 1 heterocycles.